The highest BCUT2D eigenvalue weighted by molar-refractivity contribution is 9.10. The summed E-state index contributed by atoms with van der Waals surface area (Å²) in [5, 5.41) is 9.09. The molecule has 1 aliphatic rings. The van der Waals surface area contributed by atoms with E-state index in [4.69, 9.17) is 5.26 Å². The second kappa shape index (κ2) is 5.34. The van der Waals surface area contributed by atoms with E-state index in [1.54, 1.807) is 0 Å². The van der Waals surface area contributed by atoms with Gasteiger partial charge in [-0.05, 0) is 24.5 Å². The van der Waals surface area contributed by atoms with E-state index in [9.17, 15) is 9.59 Å². The van der Waals surface area contributed by atoms with E-state index in [0.29, 0.717) is 0 Å². The van der Waals surface area contributed by atoms with Crippen LogP contribution < -0.4 is 11.2 Å². The van der Waals surface area contributed by atoms with Gasteiger partial charge in [-0.15, -0.1) is 0 Å². The Kier molecular flexibility index (Phi) is 3.52. The average Bonchev–Trinajstić information content (AvgIpc) is 3.30. The molecular formula is C15H12BrN3O2. The van der Waals surface area contributed by atoms with Gasteiger partial charge in [0.25, 0.3) is 5.56 Å². The van der Waals surface area contributed by atoms with Gasteiger partial charge in [0.05, 0.1) is 6.54 Å². The molecule has 0 amide bonds. The molecule has 5 nitrogen and oxygen atoms in total. The summed E-state index contributed by atoms with van der Waals surface area (Å²) in [5.74, 6) is 0. The van der Waals surface area contributed by atoms with Gasteiger partial charge in [-0.1, -0.05) is 34.1 Å². The normalized spacial score (nSPS) is 13.9. The highest BCUT2D eigenvalue weighted by Crippen LogP contribution is 2.33. The topological polar surface area (TPSA) is 67.8 Å². The maximum Gasteiger partial charge on any atom is 0.331 e. The molecule has 0 aliphatic heterocycles. The summed E-state index contributed by atoms with van der Waals surface area (Å²) in [5.41, 5.74) is -0.0462. The molecule has 0 saturated heterocycles. The SMILES string of the molecule is N#Cc1cn(C2CC2)c(=O)n(Cc2ccccc2Br)c1=O. The third kappa shape index (κ3) is 2.57. The maximum absolute atomic E-state index is 12.5. The zero-order chi connectivity index (χ0) is 15.0. The second-order valence-electron chi connectivity index (χ2n) is 5.06. The first-order valence-electron chi connectivity index (χ1n) is 6.61. The van der Waals surface area contributed by atoms with Gasteiger partial charge in [0.1, 0.15) is 11.6 Å². The number of hydrogen-bond donors (Lipinski definition) is 0. The second-order valence-corrected chi connectivity index (χ2v) is 5.91. The largest absolute Gasteiger partial charge is 0.331 e. The third-order valence-corrected chi connectivity index (χ3v) is 4.32. The molecule has 0 N–H and O–H groups in total. The lowest BCUT2D eigenvalue weighted by atomic mass is 10.2. The highest BCUT2D eigenvalue weighted by Gasteiger charge is 2.26. The van der Waals surface area contributed by atoms with Crippen molar-refractivity contribution in [2.24, 2.45) is 0 Å². The summed E-state index contributed by atoms with van der Waals surface area (Å²) in [6.07, 6.45) is 3.22. The molecule has 1 aliphatic carbocycles. The lowest BCUT2D eigenvalue weighted by Gasteiger charge is -2.11. The smallest absolute Gasteiger partial charge is 0.296 e. The highest BCUT2D eigenvalue weighted by atomic mass is 79.9. The molecule has 106 valence electrons. The molecule has 1 fully saturated rings. The van der Waals surface area contributed by atoms with Gasteiger partial charge in [-0.2, -0.15) is 5.26 Å². The van der Waals surface area contributed by atoms with Crippen LogP contribution in [-0.2, 0) is 6.54 Å². The molecule has 1 saturated carbocycles. The number of nitriles is 1. The Bertz CT molecular complexity index is 856. The van der Waals surface area contributed by atoms with Crippen LogP contribution in [0.1, 0.15) is 30.0 Å². The van der Waals surface area contributed by atoms with Crippen LogP contribution >= 0.6 is 15.9 Å². The lowest BCUT2D eigenvalue weighted by Crippen LogP contribution is -2.41. The van der Waals surface area contributed by atoms with Gasteiger partial charge >= 0.3 is 5.69 Å². The molecule has 0 unspecified atom stereocenters. The van der Waals surface area contributed by atoms with Crippen molar-refractivity contribution in [3.8, 4) is 6.07 Å². The molecule has 3 rings (SSSR count). The van der Waals surface area contributed by atoms with Crippen LogP contribution in [0.25, 0.3) is 0 Å². The molecule has 1 aromatic carbocycles. The van der Waals surface area contributed by atoms with Crippen molar-refractivity contribution >= 4 is 15.9 Å². The minimum atomic E-state index is -0.532. The predicted octanol–water partition coefficient (Wildman–Crippen LogP) is 2.03. The molecule has 0 radical (unpaired) electrons. The third-order valence-electron chi connectivity index (χ3n) is 3.54. The zero-order valence-electron chi connectivity index (χ0n) is 11.1. The Labute approximate surface area is 129 Å². The first-order valence-corrected chi connectivity index (χ1v) is 7.40. The fourth-order valence-electron chi connectivity index (χ4n) is 2.25. The van der Waals surface area contributed by atoms with Gasteiger partial charge in [-0.25, -0.2) is 4.79 Å². The van der Waals surface area contributed by atoms with Crippen molar-refractivity contribution in [1.82, 2.24) is 9.13 Å². The standard InChI is InChI=1S/C15H12BrN3O2/c16-13-4-2-1-3-10(13)8-19-14(20)11(7-17)9-18(15(19)21)12-5-6-12/h1-4,9,12H,5-6,8H2. The van der Waals surface area contributed by atoms with Crippen LogP contribution in [-0.4, -0.2) is 9.13 Å². The van der Waals surface area contributed by atoms with Crippen molar-refractivity contribution < 1.29 is 0 Å². The van der Waals surface area contributed by atoms with Crippen molar-refractivity contribution in [1.29, 1.82) is 5.26 Å². The fourth-order valence-corrected chi connectivity index (χ4v) is 2.66. The predicted molar refractivity (Wildman–Crippen MR) is 81.2 cm³/mol. The van der Waals surface area contributed by atoms with Crippen LogP contribution in [0.3, 0.4) is 0 Å². The Morgan fingerprint density at radius 3 is 2.62 bits per heavy atom. The zero-order valence-corrected chi connectivity index (χ0v) is 12.7. The summed E-state index contributed by atoms with van der Waals surface area (Å²) < 4.78 is 3.48. The van der Waals surface area contributed by atoms with Crippen LogP contribution in [0.4, 0.5) is 0 Å². The first kappa shape index (κ1) is 13.8. The molecule has 0 bridgehead atoms. The van der Waals surface area contributed by atoms with Gasteiger partial charge in [0.2, 0.25) is 0 Å². The quantitative estimate of drug-likeness (QED) is 0.854. The van der Waals surface area contributed by atoms with Crippen molar-refractivity contribution in [2.75, 3.05) is 0 Å². The summed E-state index contributed by atoms with van der Waals surface area (Å²) in [7, 11) is 0. The monoisotopic (exact) mass is 345 g/mol. The lowest BCUT2D eigenvalue weighted by molar-refractivity contribution is 0.587. The Morgan fingerprint density at radius 2 is 2.00 bits per heavy atom. The number of aromatic nitrogens is 2. The number of halogens is 1. The number of nitrogens with zero attached hydrogens (tertiary/aromatic N) is 3. The minimum absolute atomic E-state index is 0.00792. The van der Waals surface area contributed by atoms with Crippen LogP contribution in [0, 0.1) is 11.3 Å². The van der Waals surface area contributed by atoms with E-state index in [-0.39, 0.29) is 23.8 Å². The Balaban J connectivity index is 2.16. The van der Waals surface area contributed by atoms with E-state index in [2.05, 4.69) is 15.9 Å². The van der Waals surface area contributed by atoms with Gasteiger partial charge in [0.15, 0.2) is 0 Å². The molecule has 6 heteroatoms. The number of hydrogen-bond acceptors (Lipinski definition) is 3. The molecule has 0 spiro atoms. The minimum Gasteiger partial charge on any atom is -0.296 e. The van der Waals surface area contributed by atoms with E-state index in [1.165, 1.54) is 10.8 Å². The number of benzene rings is 1. The Hall–Kier alpha value is -2.13. The van der Waals surface area contributed by atoms with E-state index in [0.717, 1.165) is 27.4 Å². The fraction of sp³-hybridized carbons (Fsp3) is 0.267. The van der Waals surface area contributed by atoms with Gasteiger partial charge in [0, 0.05) is 16.7 Å². The summed E-state index contributed by atoms with van der Waals surface area (Å²) in [6.45, 7) is 0.154. The summed E-state index contributed by atoms with van der Waals surface area (Å²) >= 11 is 3.41. The average molecular weight is 346 g/mol. The van der Waals surface area contributed by atoms with E-state index >= 15 is 0 Å². The van der Waals surface area contributed by atoms with Gasteiger partial charge in [-0.3, -0.25) is 13.9 Å². The van der Waals surface area contributed by atoms with E-state index in [1.807, 2.05) is 30.3 Å². The molecule has 1 aromatic heterocycles. The molecule has 1 heterocycles. The van der Waals surface area contributed by atoms with Crippen LogP contribution in [0.2, 0.25) is 0 Å². The van der Waals surface area contributed by atoms with E-state index < -0.39 is 5.56 Å². The Morgan fingerprint density at radius 1 is 1.29 bits per heavy atom. The maximum atomic E-state index is 12.5. The first-order chi connectivity index (χ1) is 10.1. The van der Waals surface area contributed by atoms with Crippen molar-refractivity contribution in [3.05, 3.63) is 66.9 Å². The van der Waals surface area contributed by atoms with Crippen molar-refractivity contribution in [3.63, 3.8) is 0 Å². The molecule has 21 heavy (non-hydrogen) atoms. The molecule has 0 atom stereocenters. The van der Waals surface area contributed by atoms with Gasteiger partial charge < -0.3 is 0 Å². The molecule has 2 aromatic rings. The molecular weight excluding hydrogens is 334 g/mol. The van der Waals surface area contributed by atoms with Crippen LogP contribution in [0.15, 0.2) is 44.5 Å². The van der Waals surface area contributed by atoms with Crippen molar-refractivity contribution in [2.45, 2.75) is 25.4 Å². The van der Waals surface area contributed by atoms with Crippen LogP contribution in [0.5, 0.6) is 0 Å². The summed E-state index contributed by atoms with van der Waals surface area (Å²) in [6, 6.07) is 9.41. The number of rotatable bonds is 3. The summed E-state index contributed by atoms with van der Waals surface area (Å²) in [4.78, 5) is 24.7.